The van der Waals surface area contributed by atoms with Crippen molar-refractivity contribution in [2.24, 2.45) is 0 Å². The summed E-state index contributed by atoms with van der Waals surface area (Å²) in [5, 5.41) is 12.4. The van der Waals surface area contributed by atoms with Crippen LogP contribution in [0.5, 0.6) is 0 Å². The zero-order valence-electron chi connectivity index (χ0n) is 17.2. The first-order valence-corrected chi connectivity index (χ1v) is 9.81. The van der Waals surface area contributed by atoms with E-state index in [1.165, 1.54) is 5.56 Å². The van der Waals surface area contributed by atoms with Crippen LogP contribution in [0.1, 0.15) is 36.7 Å². The highest BCUT2D eigenvalue weighted by molar-refractivity contribution is 6.04. The summed E-state index contributed by atoms with van der Waals surface area (Å²) >= 11 is 0. The predicted octanol–water partition coefficient (Wildman–Crippen LogP) is 3.55. The molecule has 1 aliphatic rings. The molecule has 1 saturated heterocycles. The van der Waals surface area contributed by atoms with Gasteiger partial charge in [-0.25, -0.2) is 4.79 Å². The topological polar surface area (TPSA) is 103 Å². The number of nitrogens with zero attached hydrogens (tertiary/aromatic N) is 3. The quantitative estimate of drug-likeness (QED) is 0.619. The second-order valence-corrected chi connectivity index (χ2v) is 8.22. The van der Waals surface area contributed by atoms with E-state index < -0.39 is 0 Å². The van der Waals surface area contributed by atoms with Crippen LogP contribution in [-0.2, 0) is 5.41 Å². The molecule has 0 radical (unpaired) electrons. The van der Waals surface area contributed by atoms with Crippen molar-refractivity contribution in [1.29, 1.82) is 0 Å². The first-order valence-electron chi connectivity index (χ1n) is 9.81. The Balaban J connectivity index is 1.43. The van der Waals surface area contributed by atoms with Crippen LogP contribution >= 0.6 is 0 Å². The van der Waals surface area contributed by atoms with Gasteiger partial charge >= 0.3 is 6.03 Å². The number of benzene rings is 2. The lowest BCUT2D eigenvalue weighted by atomic mass is 9.87. The summed E-state index contributed by atoms with van der Waals surface area (Å²) in [7, 11) is 0. The molecule has 0 atom stereocenters. The molecular formula is C22H24N6O2. The normalized spacial score (nSPS) is 14.0. The molecule has 1 fully saturated rings. The summed E-state index contributed by atoms with van der Waals surface area (Å²) in [4.78, 5) is 30.3. The van der Waals surface area contributed by atoms with E-state index in [9.17, 15) is 9.59 Å². The van der Waals surface area contributed by atoms with Crippen molar-refractivity contribution in [3.05, 3.63) is 59.7 Å². The zero-order valence-corrected chi connectivity index (χ0v) is 17.2. The van der Waals surface area contributed by atoms with Crippen LogP contribution in [0.4, 0.5) is 16.4 Å². The smallest absolute Gasteiger partial charge is 0.321 e. The largest absolute Gasteiger partial charge is 0.336 e. The molecule has 30 heavy (non-hydrogen) atoms. The van der Waals surface area contributed by atoms with Crippen LogP contribution in [0, 0.1) is 0 Å². The third-order valence-corrected chi connectivity index (χ3v) is 5.03. The molecule has 8 heteroatoms. The Kier molecular flexibility index (Phi) is 4.99. The standard InChI is InChI=1S/C22H24N6O2/c1-22(2,3)16-8-4-14(5-9-16)18-24-20(27-26-18)25-19(29)15-6-10-17(11-7-15)28-13-12-23-21(28)30/h4-11H,12-13H2,1-3H3,(H,23,30)(H2,24,25,26,27,29). The lowest BCUT2D eigenvalue weighted by Gasteiger charge is -2.18. The Morgan fingerprint density at radius 1 is 1.07 bits per heavy atom. The van der Waals surface area contributed by atoms with Gasteiger partial charge in [-0.05, 0) is 35.2 Å². The Labute approximate surface area is 174 Å². The molecule has 2 heterocycles. The van der Waals surface area contributed by atoms with Gasteiger partial charge in [0.25, 0.3) is 5.91 Å². The summed E-state index contributed by atoms with van der Waals surface area (Å²) in [6.45, 7) is 7.72. The first-order chi connectivity index (χ1) is 14.3. The number of hydrogen-bond donors (Lipinski definition) is 3. The average molecular weight is 404 g/mol. The molecule has 1 aliphatic heterocycles. The van der Waals surface area contributed by atoms with Gasteiger partial charge in [0.05, 0.1) is 0 Å². The molecule has 0 aliphatic carbocycles. The van der Waals surface area contributed by atoms with Crippen molar-refractivity contribution in [3.8, 4) is 11.4 Å². The number of nitrogens with one attached hydrogen (secondary N) is 3. The van der Waals surface area contributed by atoms with Gasteiger partial charge in [-0.1, -0.05) is 45.0 Å². The number of hydrogen-bond acceptors (Lipinski definition) is 4. The maximum Gasteiger partial charge on any atom is 0.321 e. The second-order valence-electron chi connectivity index (χ2n) is 8.22. The maximum atomic E-state index is 12.5. The van der Waals surface area contributed by atoms with Crippen molar-refractivity contribution >= 4 is 23.6 Å². The van der Waals surface area contributed by atoms with E-state index in [4.69, 9.17) is 0 Å². The van der Waals surface area contributed by atoms with E-state index >= 15 is 0 Å². The zero-order chi connectivity index (χ0) is 21.3. The minimum atomic E-state index is -0.318. The molecule has 3 amide bonds. The number of aromatic amines is 1. The van der Waals surface area contributed by atoms with Crippen LogP contribution in [0.2, 0.25) is 0 Å². The van der Waals surface area contributed by atoms with E-state index in [2.05, 4.69) is 58.7 Å². The highest BCUT2D eigenvalue weighted by atomic mass is 16.2. The first kappa shape index (κ1) is 19.6. The van der Waals surface area contributed by atoms with Crippen LogP contribution in [-0.4, -0.2) is 40.2 Å². The van der Waals surface area contributed by atoms with Crippen molar-refractivity contribution < 1.29 is 9.59 Å². The lowest BCUT2D eigenvalue weighted by Crippen LogP contribution is -2.27. The molecule has 3 aromatic rings. The van der Waals surface area contributed by atoms with E-state index in [0.29, 0.717) is 24.5 Å². The number of carbonyl (C=O) groups is 2. The van der Waals surface area contributed by atoms with Gasteiger partial charge in [0.15, 0.2) is 5.82 Å². The highest BCUT2D eigenvalue weighted by Crippen LogP contribution is 2.25. The molecule has 3 N–H and O–H groups in total. The van der Waals surface area contributed by atoms with Crippen molar-refractivity contribution in [2.75, 3.05) is 23.3 Å². The van der Waals surface area contributed by atoms with Crippen molar-refractivity contribution in [2.45, 2.75) is 26.2 Å². The molecule has 0 saturated carbocycles. The summed E-state index contributed by atoms with van der Waals surface area (Å²) in [6.07, 6.45) is 0. The molecule has 4 rings (SSSR count). The molecular weight excluding hydrogens is 380 g/mol. The fourth-order valence-corrected chi connectivity index (χ4v) is 3.26. The molecule has 0 bridgehead atoms. The molecule has 1 aromatic heterocycles. The number of anilines is 2. The lowest BCUT2D eigenvalue weighted by molar-refractivity contribution is 0.102. The van der Waals surface area contributed by atoms with Gasteiger partial charge in [-0.15, -0.1) is 5.10 Å². The monoisotopic (exact) mass is 404 g/mol. The highest BCUT2D eigenvalue weighted by Gasteiger charge is 2.21. The third kappa shape index (κ3) is 4.03. The molecule has 0 unspecified atom stereocenters. The summed E-state index contributed by atoms with van der Waals surface area (Å²) < 4.78 is 0. The van der Waals surface area contributed by atoms with Crippen molar-refractivity contribution in [1.82, 2.24) is 20.5 Å². The van der Waals surface area contributed by atoms with Gasteiger partial charge in [-0.2, -0.15) is 4.98 Å². The average Bonchev–Trinajstić information content (AvgIpc) is 3.36. The summed E-state index contributed by atoms with van der Waals surface area (Å²) in [5.41, 5.74) is 3.41. The number of urea groups is 1. The van der Waals surface area contributed by atoms with Gasteiger partial charge in [0, 0.05) is 29.9 Å². The van der Waals surface area contributed by atoms with Gasteiger partial charge in [-0.3, -0.25) is 20.1 Å². The molecule has 2 aromatic carbocycles. The number of amides is 3. The molecule has 154 valence electrons. The van der Waals surface area contributed by atoms with E-state index in [1.807, 2.05) is 12.1 Å². The minimum Gasteiger partial charge on any atom is -0.336 e. The SMILES string of the molecule is CC(C)(C)c1ccc(-c2nc(NC(=O)c3ccc(N4CCNC4=O)cc3)n[nH]2)cc1. The number of carbonyl (C=O) groups excluding carboxylic acids is 2. The fraction of sp³-hybridized carbons (Fsp3) is 0.273. The number of aromatic nitrogens is 3. The maximum absolute atomic E-state index is 12.5. The Bertz CT molecular complexity index is 1060. The summed E-state index contributed by atoms with van der Waals surface area (Å²) in [5.74, 6) is 0.472. The second kappa shape index (κ2) is 7.62. The van der Waals surface area contributed by atoms with E-state index in [1.54, 1.807) is 29.2 Å². The van der Waals surface area contributed by atoms with Crippen LogP contribution in [0.3, 0.4) is 0 Å². The molecule has 0 spiro atoms. The van der Waals surface area contributed by atoms with Crippen LogP contribution in [0.15, 0.2) is 48.5 Å². The molecule has 8 nitrogen and oxygen atoms in total. The van der Waals surface area contributed by atoms with Crippen LogP contribution < -0.4 is 15.5 Å². The van der Waals surface area contributed by atoms with Crippen LogP contribution in [0.25, 0.3) is 11.4 Å². The third-order valence-electron chi connectivity index (χ3n) is 5.03. The van der Waals surface area contributed by atoms with E-state index in [-0.39, 0.29) is 23.3 Å². The number of H-pyrrole nitrogens is 1. The Hall–Kier alpha value is -3.68. The minimum absolute atomic E-state index is 0.0766. The number of rotatable bonds is 4. The van der Waals surface area contributed by atoms with Gasteiger partial charge in [0.1, 0.15) is 0 Å². The Morgan fingerprint density at radius 3 is 2.37 bits per heavy atom. The van der Waals surface area contributed by atoms with Gasteiger partial charge in [0.2, 0.25) is 5.95 Å². The van der Waals surface area contributed by atoms with E-state index in [0.717, 1.165) is 11.3 Å². The fourth-order valence-electron chi connectivity index (χ4n) is 3.26. The van der Waals surface area contributed by atoms with Gasteiger partial charge < -0.3 is 5.32 Å². The van der Waals surface area contributed by atoms with Crippen molar-refractivity contribution in [3.63, 3.8) is 0 Å². The Morgan fingerprint density at radius 2 is 1.77 bits per heavy atom. The summed E-state index contributed by atoms with van der Waals surface area (Å²) in [6, 6.07) is 14.8. The predicted molar refractivity (Wildman–Crippen MR) is 116 cm³/mol.